The summed E-state index contributed by atoms with van der Waals surface area (Å²) in [4.78, 5) is 22.4. The minimum Gasteiger partial charge on any atom is -0.457 e. The number of thiocarbonyl (C=S) groups is 1. The Labute approximate surface area is 196 Å². The van der Waals surface area contributed by atoms with Gasteiger partial charge in [-0.2, -0.15) is 0 Å². The first kappa shape index (κ1) is 22.8. The van der Waals surface area contributed by atoms with Gasteiger partial charge < -0.3 is 9.73 Å². The number of anilines is 1. The Kier molecular flexibility index (Phi) is 7.29. The van der Waals surface area contributed by atoms with Gasteiger partial charge in [0.2, 0.25) is 5.91 Å². The molecule has 0 aliphatic carbocycles. The van der Waals surface area contributed by atoms with Gasteiger partial charge in [-0.1, -0.05) is 34.8 Å². The molecule has 11 heteroatoms. The molecule has 7 nitrogen and oxygen atoms in total. The molecule has 0 spiro atoms. The predicted molar refractivity (Wildman–Crippen MR) is 126 cm³/mol. The SMILES string of the molecule is O=C(/C=C/c1ccc(-c2cc(Cl)cc(Cl)c2)o1)NC(=S)Nc1ccc(Cl)c([N+](=O)[O-])c1. The van der Waals surface area contributed by atoms with Gasteiger partial charge in [0.25, 0.3) is 5.69 Å². The number of nitro benzene ring substituents is 1. The van der Waals surface area contributed by atoms with Gasteiger partial charge in [0, 0.05) is 33.4 Å². The lowest BCUT2D eigenvalue weighted by molar-refractivity contribution is -0.384. The molecule has 0 aliphatic rings. The average Bonchev–Trinajstić information content (AvgIpc) is 3.16. The zero-order chi connectivity index (χ0) is 22.5. The normalized spacial score (nSPS) is 10.8. The minimum atomic E-state index is -0.618. The Bertz CT molecular complexity index is 1190. The second kappa shape index (κ2) is 9.93. The molecule has 1 heterocycles. The van der Waals surface area contributed by atoms with Crippen molar-refractivity contribution in [2.75, 3.05) is 5.32 Å². The zero-order valence-corrected chi connectivity index (χ0v) is 18.5. The number of nitrogens with one attached hydrogen (secondary N) is 2. The summed E-state index contributed by atoms with van der Waals surface area (Å²) in [6.45, 7) is 0. The Morgan fingerprint density at radius 2 is 1.77 bits per heavy atom. The number of amides is 1. The van der Waals surface area contributed by atoms with Crippen LogP contribution in [-0.4, -0.2) is 15.9 Å². The van der Waals surface area contributed by atoms with E-state index in [-0.39, 0.29) is 15.8 Å². The number of rotatable bonds is 5. The first-order valence-electron chi connectivity index (χ1n) is 8.51. The van der Waals surface area contributed by atoms with E-state index in [1.54, 1.807) is 30.3 Å². The largest absolute Gasteiger partial charge is 0.457 e. The second-order valence-electron chi connectivity index (χ2n) is 6.06. The molecule has 0 fully saturated rings. The van der Waals surface area contributed by atoms with Crippen molar-refractivity contribution >= 4 is 75.5 Å². The van der Waals surface area contributed by atoms with Crippen molar-refractivity contribution < 1.29 is 14.1 Å². The highest BCUT2D eigenvalue weighted by atomic mass is 35.5. The number of nitro groups is 1. The average molecular weight is 497 g/mol. The number of nitrogens with zero attached hydrogens (tertiary/aromatic N) is 1. The van der Waals surface area contributed by atoms with Gasteiger partial charge in [-0.15, -0.1) is 0 Å². The Hall–Kier alpha value is -2.91. The maximum absolute atomic E-state index is 12.1. The van der Waals surface area contributed by atoms with Gasteiger partial charge in [-0.05, 0) is 60.8 Å². The Morgan fingerprint density at radius 1 is 1.06 bits per heavy atom. The monoisotopic (exact) mass is 495 g/mol. The topological polar surface area (TPSA) is 97.4 Å². The summed E-state index contributed by atoms with van der Waals surface area (Å²) in [6.07, 6.45) is 2.69. The predicted octanol–water partition coefficient (Wildman–Crippen LogP) is 6.34. The number of carbonyl (C=O) groups excluding carboxylic acids is 1. The number of furan rings is 1. The zero-order valence-electron chi connectivity index (χ0n) is 15.4. The summed E-state index contributed by atoms with van der Waals surface area (Å²) >= 11 is 22.8. The van der Waals surface area contributed by atoms with Gasteiger partial charge in [0.05, 0.1) is 4.92 Å². The van der Waals surface area contributed by atoms with Crippen LogP contribution in [0.25, 0.3) is 17.4 Å². The van der Waals surface area contributed by atoms with E-state index in [2.05, 4.69) is 10.6 Å². The van der Waals surface area contributed by atoms with Crippen molar-refractivity contribution in [2.45, 2.75) is 0 Å². The van der Waals surface area contributed by atoms with Gasteiger partial charge in [0.15, 0.2) is 5.11 Å². The number of hydrogen-bond donors (Lipinski definition) is 2. The van der Waals surface area contributed by atoms with Crippen LogP contribution < -0.4 is 10.6 Å². The van der Waals surface area contributed by atoms with E-state index < -0.39 is 10.8 Å². The molecule has 3 aromatic rings. The smallest absolute Gasteiger partial charge is 0.289 e. The first-order chi connectivity index (χ1) is 14.7. The fourth-order valence-corrected chi connectivity index (χ4v) is 3.43. The third kappa shape index (κ3) is 6.28. The molecule has 2 aromatic carbocycles. The van der Waals surface area contributed by atoms with Crippen LogP contribution >= 0.6 is 47.0 Å². The molecule has 0 bridgehead atoms. The fourth-order valence-electron chi connectivity index (χ4n) is 2.50. The third-order valence-corrected chi connectivity index (χ3v) is 4.77. The minimum absolute atomic E-state index is 0.00806. The molecule has 0 saturated heterocycles. The summed E-state index contributed by atoms with van der Waals surface area (Å²) in [6, 6.07) is 12.5. The Morgan fingerprint density at radius 3 is 2.45 bits per heavy atom. The maximum atomic E-state index is 12.1. The molecule has 158 valence electrons. The van der Waals surface area contributed by atoms with Crippen molar-refractivity contribution in [3.8, 4) is 11.3 Å². The fraction of sp³-hybridized carbons (Fsp3) is 0. The standard InChI is InChI=1S/C20H12Cl3N3O4S/c21-12-7-11(8-13(22)9-12)18-5-2-15(30-18)3-6-19(27)25-20(31)24-14-1-4-16(23)17(10-14)26(28)29/h1-10H,(H2,24,25,27,31)/b6-3+. The van der Waals surface area contributed by atoms with Crippen LogP contribution in [0.5, 0.6) is 0 Å². The molecular formula is C20H12Cl3N3O4S. The number of hydrogen-bond acceptors (Lipinski definition) is 5. The summed E-state index contributed by atoms with van der Waals surface area (Å²) in [5.74, 6) is 0.434. The van der Waals surface area contributed by atoms with Crippen LogP contribution in [0.1, 0.15) is 5.76 Å². The van der Waals surface area contributed by atoms with Crippen LogP contribution in [0.4, 0.5) is 11.4 Å². The molecule has 0 radical (unpaired) electrons. The molecule has 2 N–H and O–H groups in total. The van der Waals surface area contributed by atoms with Crippen molar-refractivity contribution in [1.82, 2.24) is 5.32 Å². The van der Waals surface area contributed by atoms with Crippen LogP contribution in [0.3, 0.4) is 0 Å². The summed E-state index contributed by atoms with van der Waals surface area (Å²) in [5, 5.41) is 17.0. The van der Waals surface area contributed by atoms with Crippen molar-refractivity contribution in [3.05, 3.63) is 85.5 Å². The van der Waals surface area contributed by atoms with Crippen LogP contribution in [0.15, 0.2) is 59.0 Å². The van der Waals surface area contributed by atoms with E-state index in [1.807, 2.05) is 0 Å². The molecule has 0 aliphatic heterocycles. The van der Waals surface area contributed by atoms with E-state index in [9.17, 15) is 14.9 Å². The lowest BCUT2D eigenvalue weighted by Gasteiger charge is -2.08. The molecule has 1 aromatic heterocycles. The van der Waals surface area contributed by atoms with Gasteiger partial charge in [-0.25, -0.2) is 0 Å². The molecule has 0 unspecified atom stereocenters. The Balaban J connectivity index is 1.61. The van der Waals surface area contributed by atoms with Crippen molar-refractivity contribution in [2.24, 2.45) is 0 Å². The van der Waals surface area contributed by atoms with Gasteiger partial charge in [-0.3, -0.25) is 20.2 Å². The summed E-state index contributed by atoms with van der Waals surface area (Å²) in [7, 11) is 0. The van der Waals surface area contributed by atoms with Crippen LogP contribution in [-0.2, 0) is 4.79 Å². The lowest BCUT2D eigenvalue weighted by atomic mass is 10.2. The van der Waals surface area contributed by atoms with E-state index in [4.69, 9.17) is 51.4 Å². The number of halogens is 3. The third-order valence-electron chi connectivity index (χ3n) is 3.81. The molecule has 3 rings (SSSR count). The molecule has 0 atom stereocenters. The van der Waals surface area contributed by atoms with Crippen LogP contribution in [0, 0.1) is 10.1 Å². The van der Waals surface area contributed by atoms with Crippen LogP contribution in [0.2, 0.25) is 15.1 Å². The molecular weight excluding hydrogens is 485 g/mol. The summed E-state index contributed by atoms with van der Waals surface area (Å²) in [5.41, 5.74) is 0.723. The van der Waals surface area contributed by atoms with Gasteiger partial charge >= 0.3 is 0 Å². The highest BCUT2D eigenvalue weighted by Gasteiger charge is 2.13. The molecule has 1 amide bonds. The van der Waals surface area contributed by atoms with Crippen molar-refractivity contribution in [3.63, 3.8) is 0 Å². The lowest BCUT2D eigenvalue weighted by Crippen LogP contribution is -2.32. The summed E-state index contributed by atoms with van der Waals surface area (Å²) < 4.78 is 5.67. The van der Waals surface area contributed by atoms with E-state index >= 15 is 0 Å². The highest BCUT2D eigenvalue weighted by Crippen LogP contribution is 2.29. The van der Waals surface area contributed by atoms with E-state index in [0.717, 1.165) is 0 Å². The molecule has 0 saturated carbocycles. The quantitative estimate of drug-likeness (QED) is 0.185. The van der Waals surface area contributed by atoms with Crippen molar-refractivity contribution in [1.29, 1.82) is 0 Å². The van der Waals surface area contributed by atoms with E-state index in [1.165, 1.54) is 30.4 Å². The number of benzene rings is 2. The van der Waals surface area contributed by atoms with Gasteiger partial charge in [0.1, 0.15) is 16.5 Å². The van der Waals surface area contributed by atoms with E-state index in [0.29, 0.717) is 32.8 Å². The number of carbonyl (C=O) groups is 1. The maximum Gasteiger partial charge on any atom is 0.289 e. The second-order valence-corrected chi connectivity index (χ2v) is 7.75. The first-order valence-corrected chi connectivity index (χ1v) is 10.1. The molecule has 31 heavy (non-hydrogen) atoms. The highest BCUT2D eigenvalue weighted by molar-refractivity contribution is 7.80.